The Kier molecular flexibility index (Phi) is 5.35. The summed E-state index contributed by atoms with van der Waals surface area (Å²) in [5, 5.41) is 12.1. The van der Waals surface area contributed by atoms with Gasteiger partial charge < -0.3 is 4.98 Å². The molecule has 0 atom stereocenters. The fourth-order valence-electron chi connectivity index (χ4n) is 3.39. The zero-order chi connectivity index (χ0) is 21.4. The van der Waals surface area contributed by atoms with E-state index >= 15 is 0 Å². The molecule has 0 saturated heterocycles. The third-order valence-corrected chi connectivity index (χ3v) is 7.04. The number of benzene rings is 2. The van der Waals surface area contributed by atoms with Gasteiger partial charge in [0.1, 0.15) is 17.0 Å². The minimum atomic E-state index is -0.169. The van der Waals surface area contributed by atoms with Crippen LogP contribution in [0.5, 0.6) is 0 Å². The minimum absolute atomic E-state index is 0.169. The molecule has 0 spiro atoms. The largest absolute Gasteiger partial charge is 0.309 e. The highest BCUT2D eigenvalue weighted by atomic mass is 35.5. The zero-order valence-electron chi connectivity index (χ0n) is 16.4. The van der Waals surface area contributed by atoms with Crippen LogP contribution < -0.4 is 5.56 Å². The van der Waals surface area contributed by atoms with Crippen molar-refractivity contribution in [1.29, 1.82) is 0 Å². The predicted molar refractivity (Wildman–Crippen MR) is 126 cm³/mol. The molecule has 0 bridgehead atoms. The highest BCUT2D eigenvalue weighted by Crippen LogP contribution is 2.35. The van der Waals surface area contributed by atoms with Crippen LogP contribution in [-0.2, 0) is 5.75 Å². The number of aromatic nitrogens is 5. The molecule has 1 N–H and O–H groups in total. The number of nitrogens with zero attached hydrogens (tertiary/aromatic N) is 4. The van der Waals surface area contributed by atoms with Crippen LogP contribution in [0, 0.1) is 6.92 Å². The van der Waals surface area contributed by atoms with Gasteiger partial charge in [-0.15, -0.1) is 21.5 Å². The molecule has 0 saturated carbocycles. The number of fused-ring (bicyclic) bond motifs is 1. The summed E-state index contributed by atoms with van der Waals surface area (Å²) >= 11 is 9.25. The van der Waals surface area contributed by atoms with Gasteiger partial charge in [0.05, 0.1) is 16.8 Å². The van der Waals surface area contributed by atoms with E-state index in [4.69, 9.17) is 11.6 Å². The first-order valence-electron chi connectivity index (χ1n) is 9.46. The third kappa shape index (κ3) is 3.78. The lowest BCUT2D eigenvalue weighted by atomic mass is 10.1. The lowest BCUT2D eigenvalue weighted by molar-refractivity contribution is 0.875. The summed E-state index contributed by atoms with van der Waals surface area (Å²) in [6, 6.07) is 15.6. The second-order valence-electron chi connectivity index (χ2n) is 6.88. The average molecular weight is 466 g/mol. The fraction of sp³-hybridized carbons (Fsp3) is 0.0909. The lowest BCUT2D eigenvalue weighted by Crippen LogP contribution is -2.11. The summed E-state index contributed by atoms with van der Waals surface area (Å²) in [5.41, 5.74) is 3.61. The van der Waals surface area contributed by atoms with Crippen molar-refractivity contribution in [2.75, 3.05) is 0 Å². The van der Waals surface area contributed by atoms with Crippen molar-refractivity contribution in [2.45, 2.75) is 17.8 Å². The number of hydrogen-bond donors (Lipinski definition) is 1. The molecule has 0 unspecified atom stereocenters. The molecule has 9 heteroatoms. The normalized spacial score (nSPS) is 11.3. The molecule has 0 amide bonds. The van der Waals surface area contributed by atoms with E-state index in [0.29, 0.717) is 26.8 Å². The Morgan fingerprint density at radius 2 is 1.94 bits per heavy atom. The number of nitrogens with one attached hydrogen (secondary N) is 1. The van der Waals surface area contributed by atoms with Gasteiger partial charge >= 0.3 is 0 Å². The van der Waals surface area contributed by atoms with Crippen molar-refractivity contribution >= 4 is 44.9 Å². The van der Waals surface area contributed by atoms with E-state index < -0.39 is 0 Å². The maximum Gasteiger partial charge on any atom is 0.260 e. The summed E-state index contributed by atoms with van der Waals surface area (Å²) < 4.78 is 1.94. The number of halogens is 1. The van der Waals surface area contributed by atoms with E-state index in [-0.39, 0.29) is 5.56 Å². The van der Waals surface area contributed by atoms with Gasteiger partial charge in [-0.1, -0.05) is 59.8 Å². The van der Waals surface area contributed by atoms with E-state index in [9.17, 15) is 4.79 Å². The molecule has 0 aliphatic rings. The van der Waals surface area contributed by atoms with Crippen molar-refractivity contribution in [3.63, 3.8) is 0 Å². The third-order valence-electron chi connectivity index (χ3n) is 4.89. The van der Waals surface area contributed by atoms with Crippen molar-refractivity contribution in [3.05, 3.63) is 87.0 Å². The van der Waals surface area contributed by atoms with Gasteiger partial charge in [-0.2, -0.15) is 0 Å². The Hall–Kier alpha value is -2.94. The first-order chi connectivity index (χ1) is 15.1. The monoisotopic (exact) mass is 465 g/mol. The van der Waals surface area contributed by atoms with Gasteiger partial charge in [-0.05, 0) is 24.6 Å². The smallest absolute Gasteiger partial charge is 0.260 e. The van der Waals surface area contributed by atoms with Crippen LogP contribution in [0.2, 0.25) is 5.02 Å². The number of para-hydroxylation sites is 1. The summed E-state index contributed by atoms with van der Waals surface area (Å²) in [4.78, 5) is 21.2. The van der Waals surface area contributed by atoms with E-state index in [1.54, 1.807) is 6.33 Å². The van der Waals surface area contributed by atoms with Crippen LogP contribution in [0.1, 0.15) is 11.4 Å². The SMILES string of the molecule is Cc1ccccc1-n1cnnc1SCc1nc2scc(-c3ccccc3Cl)c2c(=O)[nH]1. The van der Waals surface area contributed by atoms with Gasteiger partial charge in [0.25, 0.3) is 5.56 Å². The maximum atomic E-state index is 12.9. The molecule has 0 fully saturated rings. The van der Waals surface area contributed by atoms with Gasteiger partial charge in [0, 0.05) is 21.5 Å². The number of aromatic amines is 1. The fourth-order valence-corrected chi connectivity index (χ4v) is 5.38. The predicted octanol–water partition coefficient (Wildman–Crippen LogP) is 5.49. The summed E-state index contributed by atoms with van der Waals surface area (Å²) in [5.74, 6) is 1.06. The number of H-pyrrole nitrogens is 1. The summed E-state index contributed by atoms with van der Waals surface area (Å²) in [6.07, 6.45) is 1.69. The second-order valence-corrected chi connectivity index (χ2v) is 9.09. The first-order valence-corrected chi connectivity index (χ1v) is 11.7. The molecular formula is C22H16ClN5OS2. The Morgan fingerprint density at radius 1 is 1.13 bits per heavy atom. The Bertz CT molecular complexity index is 1460. The molecule has 31 heavy (non-hydrogen) atoms. The lowest BCUT2D eigenvalue weighted by Gasteiger charge is -2.09. The van der Waals surface area contributed by atoms with Crippen LogP contribution in [0.15, 0.2) is 70.2 Å². The summed E-state index contributed by atoms with van der Waals surface area (Å²) in [7, 11) is 0. The van der Waals surface area contributed by atoms with Crippen molar-refractivity contribution in [2.24, 2.45) is 0 Å². The molecule has 5 aromatic rings. The van der Waals surface area contributed by atoms with Crippen LogP contribution >= 0.6 is 34.7 Å². The topological polar surface area (TPSA) is 76.5 Å². The number of hydrogen-bond acceptors (Lipinski definition) is 6. The van der Waals surface area contributed by atoms with Crippen LogP contribution in [0.25, 0.3) is 27.0 Å². The van der Waals surface area contributed by atoms with E-state index in [2.05, 4.69) is 20.2 Å². The quantitative estimate of drug-likeness (QED) is 0.347. The molecule has 3 heterocycles. The number of thiophene rings is 1. The molecule has 0 aliphatic heterocycles. The highest BCUT2D eigenvalue weighted by molar-refractivity contribution is 7.98. The van der Waals surface area contributed by atoms with Gasteiger partial charge in [0.15, 0.2) is 5.16 Å². The number of thioether (sulfide) groups is 1. The highest BCUT2D eigenvalue weighted by Gasteiger charge is 2.16. The number of aryl methyl sites for hydroxylation is 1. The molecule has 0 radical (unpaired) electrons. The van der Waals surface area contributed by atoms with Crippen molar-refractivity contribution < 1.29 is 0 Å². The summed E-state index contributed by atoms with van der Waals surface area (Å²) in [6.45, 7) is 2.05. The minimum Gasteiger partial charge on any atom is -0.309 e. The average Bonchev–Trinajstić information content (AvgIpc) is 3.40. The molecule has 6 nitrogen and oxygen atoms in total. The van der Waals surface area contributed by atoms with Crippen LogP contribution in [0.3, 0.4) is 0 Å². The van der Waals surface area contributed by atoms with Crippen LogP contribution in [0.4, 0.5) is 0 Å². The standard InChI is InChI=1S/C22H16ClN5OS2/c1-13-6-2-5-9-17(13)28-12-24-27-22(28)31-11-18-25-20(29)19-15(10-30-21(19)26-18)14-7-3-4-8-16(14)23/h2-10,12H,11H2,1H3,(H,25,26,29). The van der Waals surface area contributed by atoms with Gasteiger partial charge in [-0.25, -0.2) is 4.98 Å². The van der Waals surface area contributed by atoms with Gasteiger partial charge in [0.2, 0.25) is 0 Å². The Balaban J connectivity index is 1.45. The first kappa shape index (κ1) is 20.0. The van der Waals surface area contributed by atoms with Gasteiger partial charge in [-0.3, -0.25) is 9.36 Å². The van der Waals surface area contributed by atoms with Crippen molar-refractivity contribution in [1.82, 2.24) is 24.7 Å². The Labute approximate surface area is 191 Å². The van der Waals surface area contributed by atoms with E-state index in [1.165, 1.54) is 23.1 Å². The zero-order valence-corrected chi connectivity index (χ0v) is 18.8. The number of rotatable bonds is 5. The Morgan fingerprint density at radius 3 is 2.77 bits per heavy atom. The van der Waals surface area contributed by atoms with E-state index in [1.807, 2.05) is 65.4 Å². The molecule has 2 aromatic carbocycles. The van der Waals surface area contributed by atoms with Crippen molar-refractivity contribution in [3.8, 4) is 16.8 Å². The molecule has 0 aliphatic carbocycles. The molecule has 3 aromatic heterocycles. The van der Waals surface area contributed by atoms with Crippen LogP contribution in [-0.4, -0.2) is 24.7 Å². The molecule has 5 rings (SSSR count). The second kappa shape index (κ2) is 8.30. The maximum absolute atomic E-state index is 12.9. The molecular weight excluding hydrogens is 450 g/mol. The molecule has 154 valence electrons. The van der Waals surface area contributed by atoms with E-state index in [0.717, 1.165) is 27.5 Å².